The third kappa shape index (κ3) is 7.63. The van der Waals surface area contributed by atoms with E-state index in [4.69, 9.17) is 26.1 Å². The van der Waals surface area contributed by atoms with Crippen LogP contribution in [-0.4, -0.2) is 57.4 Å². The Morgan fingerprint density at radius 1 is 1.48 bits per heavy atom. The fourth-order valence-corrected chi connectivity index (χ4v) is 2.98. The molecular weight excluding hydrogens is 338 g/mol. The van der Waals surface area contributed by atoms with Crippen LogP contribution in [0.3, 0.4) is 0 Å². The zero-order valence-corrected chi connectivity index (χ0v) is 16.1. The van der Waals surface area contributed by atoms with Gasteiger partial charge in [0.05, 0.1) is 13.2 Å². The van der Waals surface area contributed by atoms with Gasteiger partial charge in [-0.15, -0.1) is 0 Å². The second-order valence-electron chi connectivity index (χ2n) is 6.38. The van der Waals surface area contributed by atoms with Crippen molar-refractivity contribution in [2.24, 2.45) is 10.9 Å². The fourth-order valence-electron chi connectivity index (χ4n) is 2.77. The smallest absolute Gasteiger partial charge is 0.193 e. The summed E-state index contributed by atoms with van der Waals surface area (Å²) in [5, 5.41) is 4.10. The Bertz CT molecular complexity index is 533. The standard InChI is InChI=1S/C19H30ClN3O2/c1-3-21-19(23(2)13-16-6-4-7-18(20)12-16)22-9-5-10-24-14-17-8-11-25-15-17/h4,6-7,12,17H,3,5,8-11,13-15H2,1-2H3,(H,21,22). The summed E-state index contributed by atoms with van der Waals surface area (Å²) in [7, 11) is 2.04. The second kappa shape index (κ2) is 11.3. The van der Waals surface area contributed by atoms with Gasteiger partial charge in [-0.1, -0.05) is 23.7 Å². The molecule has 0 amide bonds. The van der Waals surface area contributed by atoms with E-state index in [0.717, 1.165) is 69.9 Å². The molecule has 140 valence electrons. The molecule has 0 spiro atoms. The molecule has 1 fully saturated rings. The monoisotopic (exact) mass is 367 g/mol. The maximum Gasteiger partial charge on any atom is 0.193 e. The van der Waals surface area contributed by atoms with Crippen molar-refractivity contribution in [3.63, 3.8) is 0 Å². The van der Waals surface area contributed by atoms with E-state index in [1.165, 1.54) is 5.56 Å². The first kappa shape index (κ1) is 20.0. The van der Waals surface area contributed by atoms with Crippen molar-refractivity contribution < 1.29 is 9.47 Å². The Morgan fingerprint density at radius 2 is 2.36 bits per heavy atom. The molecule has 0 radical (unpaired) electrons. The van der Waals surface area contributed by atoms with Crippen LogP contribution in [0.4, 0.5) is 0 Å². The summed E-state index contributed by atoms with van der Waals surface area (Å²) in [6.07, 6.45) is 2.05. The number of hydrogen-bond donors (Lipinski definition) is 1. The molecule has 1 unspecified atom stereocenters. The van der Waals surface area contributed by atoms with E-state index in [9.17, 15) is 0 Å². The lowest BCUT2D eigenvalue weighted by Crippen LogP contribution is -2.38. The number of aliphatic imine (C=N–C) groups is 1. The lowest BCUT2D eigenvalue weighted by atomic mass is 10.1. The van der Waals surface area contributed by atoms with Crippen LogP contribution in [0.15, 0.2) is 29.3 Å². The van der Waals surface area contributed by atoms with Gasteiger partial charge in [-0.3, -0.25) is 4.99 Å². The van der Waals surface area contributed by atoms with Crippen molar-refractivity contribution in [1.82, 2.24) is 10.2 Å². The predicted molar refractivity (Wildman–Crippen MR) is 103 cm³/mol. The number of hydrogen-bond acceptors (Lipinski definition) is 3. The summed E-state index contributed by atoms with van der Waals surface area (Å²) in [5.41, 5.74) is 1.17. The normalized spacial score (nSPS) is 17.7. The minimum atomic E-state index is 0.574. The van der Waals surface area contributed by atoms with Crippen LogP contribution in [0.2, 0.25) is 5.02 Å². The Kier molecular flexibility index (Phi) is 9.08. The largest absolute Gasteiger partial charge is 0.381 e. The molecule has 0 saturated carbocycles. The van der Waals surface area contributed by atoms with E-state index in [-0.39, 0.29) is 0 Å². The number of halogens is 1. The first-order valence-corrected chi connectivity index (χ1v) is 9.46. The molecule has 1 N–H and O–H groups in total. The summed E-state index contributed by atoms with van der Waals surface area (Å²) in [6.45, 7) is 7.72. The topological polar surface area (TPSA) is 46.1 Å². The van der Waals surface area contributed by atoms with Gasteiger partial charge in [-0.25, -0.2) is 0 Å². The molecule has 1 atom stereocenters. The molecule has 0 aromatic heterocycles. The SMILES string of the molecule is CCNC(=NCCCOCC1CCOC1)N(C)Cc1cccc(Cl)c1. The third-order valence-electron chi connectivity index (χ3n) is 4.09. The molecule has 0 aliphatic carbocycles. The van der Waals surface area contributed by atoms with E-state index in [1.54, 1.807) is 0 Å². The fraction of sp³-hybridized carbons (Fsp3) is 0.632. The quantitative estimate of drug-likeness (QED) is 0.413. The van der Waals surface area contributed by atoms with Crippen molar-refractivity contribution in [2.45, 2.75) is 26.3 Å². The van der Waals surface area contributed by atoms with Crippen molar-refractivity contribution in [3.05, 3.63) is 34.9 Å². The first-order chi connectivity index (χ1) is 12.2. The van der Waals surface area contributed by atoms with Crippen LogP contribution in [-0.2, 0) is 16.0 Å². The Morgan fingerprint density at radius 3 is 3.08 bits per heavy atom. The Balaban J connectivity index is 1.72. The van der Waals surface area contributed by atoms with Gasteiger partial charge in [-0.05, 0) is 37.5 Å². The molecule has 1 aliphatic rings. The van der Waals surface area contributed by atoms with Crippen LogP contribution >= 0.6 is 11.6 Å². The van der Waals surface area contributed by atoms with Gasteiger partial charge < -0.3 is 19.7 Å². The summed E-state index contributed by atoms with van der Waals surface area (Å²) >= 11 is 6.06. The zero-order valence-electron chi connectivity index (χ0n) is 15.3. The highest BCUT2D eigenvalue weighted by Crippen LogP contribution is 2.13. The first-order valence-electron chi connectivity index (χ1n) is 9.08. The maximum absolute atomic E-state index is 6.06. The average Bonchev–Trinajstić information content (AvgIpc) is 3.10. The van der Waals surface area contributed by atoms with E-state index in [0.29, 0.717) is 5.92 Å². The third-order valence-corrected chi connectivity index (χ3v) is 4.33. The molecule has 5 nitrogen and oxygen atoms in total. The number of guanidine groups is 1. The van der Waals surface area contributed by atoms with Gasteiger partial charge in [0, 0.05) is 50.8 Å². The number of nitrogens with one attached hydrogen (secondary N) is 1. The van der Waals surface area contributed by atoms with Crippen molar-refractivity contribution in [1.29, 1.82) is 0 Å². The molecule has 0 bridgehead atoms. The van der Waals surface area contributed by atoms with Gasteiger partial charge in [0.25, 0.3) is 0 Å². The van der Waals surface area contributed by atoms with Crippen molar-refractivity contribution in [3.8, 4) is 0 Å². The molecule has 25 heavy (non-hydrogen) atoms. The van der Waals surface area contributed by atoms with Gasteiger partial charge in [0.2, 0.25) is 0 Å². The van der Waals surface area contributed by atoms with Gasteiger partial charge in [0.15, 0.2) is 5.96 Å². The summed E-state index contributed by atoms with van der Waals surface area (Å²) in [4.78, 5) is 6.81. The highest BCUT2D eigenvalue weighted by Gasteiger charge is 2.15. The highest BCUT2D eigenvalue weighted by atomic mass is 35.5. The molecular formula is C19H30ClN3O2. The zero-order chi connectivity index (χ0) is 17.9. The lowest BCUT2D eigenvalue weighted by molar-refractivity contribution is 0.0893. The van der Waals surface area contributed by atoms with E-state index < -0.39 is 0 Å². The maximum atomic E-state index is 6.06. The predicted octanol–water partition coefficient (Wildman–Crippen LogP) is 3.18. The Hall–Kier alpha value is -1.30. The Labute approximate surface area is 156 Å². The van der Waals surface area contributed by atoms with E-state index >= 15 is 0 Å². The van der Waals surface area contributed by atoms with Crippen LogP contribution in [0.1, 0.15) is 25.3 Å². The lowest BCUT2D eigenvalue weighted by Gasteiger charge is -2.22. The van der Waals surface area contributed by atoms with E-state index in [1.807, 2.05) is 25.2 Å². The molecule has 1 saturated heterocycles. The summed E-state index contributed by atoms with van der Waals surface area (Å²) in [5.74, 6) is 1.48. The molecule has 6 heteroatoms. The molecule has 1 heterocycles. The summed E-state index contributed by atoms with van der Waals surface area (Å²) < 4.78 is 11.1. The molecule has 1 aromatic carbocycles. The highest BCUT2D eigenvalue weighted by molar-refractivity contribution is 6.30. The summed E-state index contributed by atoms with van der Waals surface area (Å²) in [6, 6.07) is 7.93. The molecule has 1 aliphatic heterocycles. The minimum Gasteiger partial charge on any atom is -0.381 e. The number of ether oxygens (including phenoxy) is 2. The van der Waals surface area contributed by atoms with Crippen LogP contribution in [0.25, 0.3) is 0 Å². The van der Waals surface area contributed by atoms with E-state index in [2.05, 4.69) is 23.2 Å². The van der Waals surface area contributed by atoms with Crippen LogP contribution < -0.4 is 5.32 Å². The number of nitrogens with zero attached hydrogens (tertiary/aromatic N) is 2. The van der Waals surface area contributed by atoms with Crippen LogP contribution in [0.5, 0.6) is 0 Å². The minimum absolute atomic E-state index is 0.574. The number of benzene rings is 1. The van der Waals surface area contributed by atoms with Gasteiger partial charge >= 0.3 is 0 Å². The second-order valence-corrected chi connectivity index (χ2v) is 6.82. The van der Waals surface area contributed by atoms with Crippen molar-refractivity contribution in [2.75, 3.05) is 46.6 Å². The van der Waals surface area contributed by atoms with Gasteiger partial charge in [0.1, 0.15) is 0 Å². The molecule has 1 aromatic rings. The average molecular weight is 368 g/mol. The molecule has 2 rings (SSSR count). The van der Waals surface area contributed by atoms with Gasteiger partial charge in [-0.2, -0.15) is 0 Å². The number of rotatable bonds is 9. The van der Waals surface area contributed by atoms with Crippen LogP contribution in [0, 0.1) is 5.92 Å². The van der Waals surface area contributed by atoms with Crippen molar-refractivity contribution >= 4 is 17.6 Å².